The molecule has 0 amide bonds. The molecule has 3 heterocycles. The van der Waals surface area contributed by atoms with Crippen LogP contribution >= 0.6 is 0 Å². The number of pyridine rings is 1. The molecule has 3 aromatic rings. The van der Waals surface area contributed by atoms with Gasteiger partial charge in [-0.15, -0.1) is 0 Å². The third kappa shape index (κ3) is 1.42. The molecule has 16 heavy (non-hydrogen) atoms. The van der Waals surface area contributed by atoms with E-state index >= 15 is 0 Å². The van der Waals surface area contributed by atoms with E-state index in [4.69, 9.17) is 0 Å². The van der Waals surface area contributed by atoms with Crippen LogP contribution in [0.5, 0.6) is 0 Å². The van der Waals surface area contributed by atoms with E-state index in [0.717, 1.165) is 23.6 Å². The molecule has 0 unspecified atom stereocenters. The van der Waals surface area contributed by atoms with E-state index < -0.39 is 5.82 Å². The van der Waals surface area contributed by atoms with Crippen molar-refractivity contribution in [1.29, 1.82) is 0 Å². The van der Waals surface area contributed by atoms with E-state index in [1.54, 1.807) is 6.20 Å². The van der Waals surface area contributed by atoms with Gasteiger partial charge >= 0.3 is 0 Å². The van der Waals surface area contributed by atoms with E-state index in [-0.39, 0.29) is 0 Å². The van der Waals surface area contributed by atoms with E-state index in [1.807, 2.05) is 28.9 Å². The Hall–Kier alpha value is -2.30. The van der Waals surface area contributed by atoms with Gasteiger partial charge < -0.3 is 4.40 Å². The molecule has 0 radical (unpaired) electrons. The molecule has 0 bridgehead atoms. The summed E-state index contributed by atoms with van der Waals surface area (Å²) in [6.45, 7) is 0. The number of imidazole rings is 1. The fourth-order valence-corrected chi connectivity index (χ4v) is 1.51. The third-order valence-electron chi connectivity index (χ3n) is 2.27. The number of rotatable bonds is 1. The standard InChI is InChI=1S/C11H7FN4/c12-9-5-14-11(15-6-9)8-1-2-10-13-3-4-16(10)7-8/h1-7H. The lowest BCUT2D eigenvalue weighted by Crippen LogP contribution is -1.92. The molecule has 0 aliphatic rings. The van der Waals surface area contributed by atoms with E-state index in [1.165, 1.54) is 0 Å². The lowest BCUT2D eigenvalue weighted by molar-refractivity contribution is 0.614. The van der Waals surface area contributed by atoms with Crippen molar-refractivity contribution in [3.8, 4) is 11.4 Å². The Bertz CT molecular complexity index is 630. The molecule has 0 spiro atoms. The van der Waals surface area contributed by atoms with Gasteiger partial charge in [-0.2, -0.15) is 0 Å². The average Bonchev–Trinajstić information content (AvgIpc) is 2.77. The van der Waals surface area contributed by atoms with Crippen molar-refractivity contribution in [2.45, 2.75) is 0 Å². The van der Waals surface area contributed by atoms with Crippen LogP contribution in [-0.2, 0) is 0 Å². The van der Waals surface area contributed by atoms with Gasteiger partial charge in [-0.05, 0) is 12.1 Å². The second kappa shape index (κ2) is 3.37. The van der Waals surface area contributed by atoms with Crippen molar-refractivity contribution >= 4 is 5.65 Å². The normalized spacial score (nSPS) is 10.8. The van der Waals surface area contributed by atoms with Gasteiger partial charge in [0, 0.05) is 24.2 Å². The lowest BCUT2D eigenvalue weighted by atomic mass is 10.2. The molecule has 3 aromatic heterocycles. The molecular weight excluding hydrogens is 207 g/mol. The summed E-state index contributed by atoms with van der Waals surface area (Å²) in [5.74, 6) is 0.0597. The molecule has 0 saturated carbocycles. The largest absolute Gasteiger partial charge is 0.306 e. The predicted molar refractivity (Wildman–Crippen MR) is 56.2 cm³/mol. The molecule has 3 rings (SSSR count). The van der Waals surface area contributed by atoms with Crippen LogP contribution in [0, 0.1) is 5.82 Å². The van der Waals surface area contributed by atoms with Crippen LogP contribution < -0.4 is 0 Å². The first kappa shape index (κ1) is 8.96. The van der Waals surface area contributed by atoms with Gasteiger partial charge in [0.25, 0.3) is 0 Å². The third-order valence-corrected chi connectivity index (χ3v) is 2.27. The Balaban J connectivity index is 2.14. The average molecular weight is 214 g/mol. The minimum absolute atomic E-state index is 0.438. The highest BCUT2D eigenvalue weighted by atomic mass is 19.1. The van der Waals surface area contributed by atoms with Crippen molar-refractivity contribution in [1.82, 2.24) is 19.4 Å². The highest BCUT2D eigenvalue weighted by Crippen LogP contribution is 2.14. The number of hydrogen-bond acceptors (Lipinski definition) is 3. The van der Waals surface area contributed by atoms with Crippen LogP contribution in [0.25, 0.3) is 17.0 Å². The van der Waals surface area contributed by atoms with Gasteiger partial charge in [0.05, 0.1) is 12.4 Å². The molecular formula is C11H7FN4. The number of halogens is 1. The van der Waals surface area contributed by atoms with Crippen molar-refractivity contribution in [2.75, 3.05) is 0 Å². The molecule has 0 aliphatic heterocycles. The maximum absolute atomic E-state index is 12.7. The number of nitrogens with zero attached hydrogens (tertiary/aromatic N) is 4. The molecule has 4 nitrogen and oxygen atoms in total. The first-order chi connectivity index (χ1) is 7.83. The number of aromatic nitrogens is 4. The second-order valence-corrected chi connectivity index (χ2v) is 3.34. The van der Waals surface area contributed by atoms with Crippen molar-refractivity contribution < 1.29 is 4.39 Å². The van der Waals surface area contributed by atoms with Gasteiger partial charge in [-0.3, -0.25) is 0 Å². The van der Waals surface area contributed by atoms with Gasteiger partial charge in [0.1, 0.15) is 5.65 Å². The summed E-state index contributed by atoms with van der Waals surface area (Å²) in [7, 11) is 0. The summed E-state index contributed by atoms with van der Waals surface area (Å²) < 4.78 is 14.5. The minimum atomic E-state index is -0.438. The Morgan fingerprint density at radius 1 is 1.06 bits per heavy atom. The summed E-state index contributed by atoms with van der Waals surface area (Å²) in [6, 6.07) is 3.72. The first-order valence-electron chi connectivity index (χ1n) is 4.73. The van der Waals surface area contributed by atoms with Crippen molar-refractivity contribution in [3.05, 3.63) is 48.9 Å². The monoisotopic (exact) mass is 214 g/mol. The van der Waals surface area contributed by atoms with Gasteiger partial charge in [-0.25, -0.2) is 19.3 Å². The Kier molecular flexibility index (Phi) is 1.89. The Labute approximate surface area is 90.4 Å². The smallest absolute Gasteiger partial charge is 0.160 e. The minimum Gasteiger partial charge on any atom is -0.306 e. The second-order valence-electron chi connectivity index (χ2n) is 3.34. The predicted octanol–water partition coefficient (Wildman–Crippen LogP) is 1.93. The van der Waals surface area contributed by atoms with Crippen LogP contribution in [0.4, 0.5) is 4.39 Å². The van der Waals surface area contributed by atoms with Gasteiger partial charge in [0.2, 0.25) is 0 Å². The molecule has 0 aromatic carbocycles. The maximum atomic E-state index is 12.7. The summed E-state index contributed by atoms with van der Waals surface area (Å²) in [5.41, 5.74) is 1.68. The zero-order chi connectivity index (χ0) is 11.0. The molecule has 0 fully saturated rings. The molecule has 0 N–H and O–H groups in total. The fourth-order valence-electron chi connectivity index (χ4n) is 1.51. The zero-order valence-electron chi connectivity index (χ0n) is 8.21. The highest BCUT2D eigenvalue weighted by molar-refractivity contribution is 5.57. The van der Waals surface area contributed by atoms with Gasteiger partial charge in [-0.1, -0.05) is 0 Å². The molecule has 5 heteroatoms. The van der Waals surface area contributed by atoms with Gasteiger partial charge in [0.15, 0.2) is 11.6 Å². The lowest BCUT2D eigenvalue weighted by Gasteiger charge is -2.00. The van der Waals surface area contributed by atoms with E-state index in [9.17, 15) is 4.39 Å². The van der Waals surface area contributed by atoms with Crippen LogP contribution in [0.2, 0.25) is 0 Å². The topological polar surface area (TPSA) is 43.1 Å². The Morgan fingerprint density at radius 2 is 1.88 bits per heavy atom. The number of fused-ring (bicyclic) bond motifs is 1. The zero-order valence-corrected chi connectivity index (χ0v) is 8.21. The fraction of sp³-hybridized carbons (Fsp3) is 0. The maximum Gasteiger partial charge on any atom is 0.160 e. The van der Waals surface area contributed by atoms with Crippen LogP contribution in [0.15, 0.2) is 43.1 Å². The van der Waals surface area contributed by atoms with E-state index in [0.29, 0.717) is 5.82 Å². The molecule has 0 atom stereocenters. The SMILES string of the molecule is Fc1cnc(-c2ccc3nccn3c2)nc1. The summed E-state index contributed by atoms with van der Waals surface area (Å²) in [4.78, 5) is 12.0. The molecule has 78 valence electrons. The quantitative estimate of drug-likeness (QED) is 0.621. The Morgan fingerprint density at radius 3 is 2.69 bits per heavy atom. The molecule has 0 aliphatic carbocycles. The first-order valence-corrected chi connectivity index (χ1v) is 4.73. The van der Waals surface area contributed by atoms with Crippen LogP contribution in [-0.4, -0.2) is 19.4 Å². The van der Waals surface area contributed by atoms with Crippen molar-refractivity contribution in [3.63, 3.8) is 0 Å². The number of hydrogen-bond donors (Lipinski definition) is 0. The van der Waals surface area contributed by atoms with Crippen LogP contribution in [0.1, 0.15) is 0 Å². The summed E-state index contributed by atoms with van der Waals surface area (Å²) in [6.07, 6.45) is 7.71. The van der Waals surface area contributed by atoms with Crippen molar-refractivity contribution in [2.24, 2.45) is 0 Å². The molecule has 0 saturated heterocycles. The summed E-state index contributed by atoms with van der Waals surface area (Å²) in [5, 5.41) is 0. The van der Waals surface area contributed by atoms with Crippen LogP contribution in [0.3, 0.4) is 0 Å². The summed E-state index contributed by atoms with van der Waals surface area (Å²) >= 11 is 0. The van der Waals surface area contributed by atoms with E-state index in [2.05, 4.69) is 15.0 Å². The highest BCUT2D eigenvalue weighted by Gasteiger charge is 2.02.